The molecule has 5 heteroatoms. The van der Waals surface area contributed by atoms with Gasteiger partial charge in [0.15, 0.2) is 0 Å². The van der Waals surface area contributed by atoms with Gasteiger partial charge in [0.25, 0.3) is 0 Å². The number of aromatic nitrogens is 2. The third kappa shape index (κ3) is 3.85. The first-order valence-corrected chi connectivity index (χ1v) is 8.53. The number of hydrogen-bond donors (Lipinski definition) is 0. The lowest BCUT2D eigenvalue weighted by atomic mass is 10.1. The van der Waals surface area contributed by atoms with Crippen molar-refractivity contribution in [2.75, 3.05) is 13.2 Å². The van der Waals surface area contributed by atoms with Crippen LogP contribution in [0.1, 0.15) is 36.2 Å². The van der Waals surface area contributed by atoms with Gasteiger partial charge >= 0.3 is 5.97 Å². The van der Waals surface area contributed by atoms with Crippen molar-refractivity contribution in [3.05, 3.63) is 47.3 Å². The molecule has 0 spiro atoms. The summed E-state index contributed by atoms with van der Waals surface area (Å²) in [5.41, 5.74) is 3.77. The molecule has 0 bridgehead atoms. The van der Waals surface area contributed by atoms with Crippen molar-refractivity contribution in [3.8, 4) is 5.69 Å². The van der Waals surface area contributed by atoms with Gasteiger partial charge in [-0.3, -0.25) is 4.79 Å². The van der Waals surface area contributed by atoms with E-state index in [0.717, 1.165) is 48.5 Å². The first-order chi connectivity index (χ1) is 11.6. The maximum Gasteiger partial charge on any atom is 0.310 e. The van der Waals surface area contributed by atoms with Gasteiger partial charge in [-0.25, -0.2) is 4.68 Å². The molecule has 0 saturated carbocycles. The zero-order chi connectivity index (χ0) is 16.9. The van der Waals surface area contributed by atoms with Crippen LogP contribution >= 0.6 is 0 Å². The lowest BCUT2D eigenvalue weighted by Crippen LogP contribution is -2.26. The molecule has 1 aliphatic rings. The van der Waals surface area contributed by atoms with E-state index in [4.69, 9.17) is 9.47 Å². The summed E-state index contributed by atoms with van der Waals surface area (Å²) in [6.07, 6.45) is 3.51. The highest BCUT2D eigenvalue weighted by molar-refractivity contribution is 5.73. The average molecular weight is 328 g/mol. The van der Waals surface area contributed by atoms with Gasteiger partial charge in [0, 0.05) is 17.9 Å². The second kappa shape index (κ2) is 7.62. The number of esters is 1. The van der Waals surface area contributed by atoms with Crippen molar-refractivity contribution in [2.45, 2.75) is 45.6 Å². The molecule has 1 atom stereocenters. The first-order valence-electron chi connectivity index (χ1n) is 8.53. The molecule has 0 N–H and O–H groups in total. The lowest BCUT2D eigenvalue weighted by Gasteiger charge is -2.22. The van der Waals surface area contributed by atoms with Gasteiger partial charge in [-0.05, 0) is 45.2 Å². The van der Waals surface area contributed by atoms with Crippen LogP contribution in [0.5, 0.6) is 0 Å². The molecule has 5 nitrogen and oxygen atoms in total. The molecule has 2 aromatic rings. The second-order valence-corrected chi connectivity index (χ2v) is 6.25. The molecule has 24 heavy (non-hydrogen) atoms. The minimum absolute atomic E-state index is 0.0527. The van der Waals surface area contributed by atoms with Gasteiger partial charge in [-0.1, -0.05) is 18.2 Å². The summed E-state index contributed by atoms with van der Waals surface area (Å²) in [4.78, 5) is 12.2. The largest absolute Gasteiger partial charge is 0.463 e. The highest BCUT2D eigenvalue weighted by atomic mass is 16.6. The SMILES string of the molecule is Cc1nn(-c2ccccc2)c(C)c1CC(=O)OCC1CCCCO1. The second-order valence-electron chi connectivity index (χ2n) is 6.25. The van der Waals surface area contributed by atoms with E-state index in [0.29, 0.717) is 6.61 Å². The van der Waals surface area contributed by atoms with E-state index in [-0.39, 0.29) is 18.5 Å². The minimum atomic E-state index is -0.219. The molecule has 0 amide bonds. The number of para-hydroxylation sites is 1. The third-order valence-electron chi connectivity index (χ3n) is 4.47. The molecular formula is C19H24N2O3. The molecule has 1 unspecified atom stereocenters. The maximum absolute atomic E-state index is 12.2. The van der Waals surface area contributed by atoms with Gasteiger partial charge in [0.2, 0.25) is 0 Å². The molecule has 128 valence electrons. The van der Waals surface area contributed by atoms with Crippen molar-refractivity contribution >= 4 is 5.97 Å². The minimum Gasteiger partial charge on any atom is -0.463 e. The topological polar surface area (TPSA) is 53.4 Å². The Balaban J connectivity index is 1.64. The number of nitrogens with zero attached hydrogens (tertiary/aromatic N) is 2. The number of benzene rings is 1. The maximum atomic E-state index is 12.2. The smallest absolute Gasteiger partial charge is 0.310 e. The highest BCUT2D eigenvalue weighted by Gasteiger charge is 2.19. The van der Waals surface area contributed by atoms with Crippen LogP contribution in [0.3, 0.4) is 0 Å². The zero-order valence-electron chi connectivity index (χ0n) is 14.3. The number of aryl methyl sites for hydroxylation is 1. The normalized spacial score (nSPS) is 17.7. The molecule has 3 rings (SSSR count). The van der Waals surface area contributed by atoms with E-state index in [1.54, 1.807) is 0 Å². The number of rotatable bonds is 5. The van der Waals surface area contributed by atoms with Crippen LogP contribution in [-0.2, 0) is 20.7 Å². The quantitative estimate of drug-likeness (QED) is 0.791. The van der Waals surface area contributed by atoms with Crippen molar-refractivity contribution < 1.29 is 14.3 Å². The summed E-state index contributed by atoms with van der Waals surface area (Å²) in [6.45, 7) is 5.03. The predicted octanol–water partition coefficient (Wildman–Crippen LogP) is 3.14. The van der Waals surface area contributed by atoms with Crippen LogP contribution in [0.4, 0.5) is 0 Å². The van der Waals surface area contributed by atoms with Crippen molar-refractivity contribution in [1.82, 2.24) is 9.78 Å². The molecule has 2 heterocycles. The molecular weight excluding hydrogens is 304 g/mol. The standard InChI is InChI=1S/C19H24N2O3/c1-14-18(12-19(22)24-13-17-10-6-7-11-23-17)15(2)21(20-14)16-8-4-3-5-9-16/h3-5,8-9,17H,6-7,10-13H2,1-2H3. The van der Waals surface area contributed by atoms with Crippen LogP contribution in [0.15, 0.2) is 30.3 Å². The molecule has 1 fully saturated rings. The van der Waals surface area contributed by atoms with E-state index in [1.165, 1.54) is 0 Å². The van der Waals surface area contributed by atoms with E-state index in [2.05, 4.69) is 5.10 Å². The van der Waals surface area contributed by atoms with Gasteiger partial charge in [0.1, 0.15) is 6.61 Å². The number of carbonyl (C=O) groups excluding carboxylic acids is 1. The fourth-order valence-electron chi connectivity index (χ4n) is 3.07. The van der Waals surface area contributed by atoms with Crippen molar-refractivity contribution in [1.29, 1.82) is 0 Å². The Hall–Kier alpha value is -2.14. The Morgan fingerprint density at radius 1 is 1.29 bits per heavy atom. The lowest BCUT2D eigenvalue weighted by molar-refractivity contribution is -0.148. The fraction of sp³-hybridized carbons (Fsp3) is 0.474. The Bertz CT molecular complexity index is 688. The van der Waals surface area contributed by atoms with Crippen molar-refractivity contribution in [2.24, 2.45) is 0 Å². The number of hydrogen-bond acceptors (Lipinski definition) is 4. The molecule has 0 aliphatic carbocycles. The van der Waals surface area contributed by atoms with E-state index >= 15 is 0 Å². The van der Waals surface area contributed by atoms with E-state index < -0.39 is 0 Å². The van der Waals surface area contributed by atoms with Gasteiger partial charge in [-0.2, -0.15) is 5.10 Å². The van der Waals surface area contributed by atoms with Crippen LogP contribution in [0, 0.1) is 13.8 Å². The zero-order valence-corrected chi connectivity index (χ0v) is 14.3. The van der Waals surface area contributed by atoms with Gasteiger partial charge < -0.3 is 9.47 Å². The Labute approximate surface area is 142 Å². The summed E-state index contributed by atoms with van der Waals surface area (Å²) < 4.78 is 12.9. The van der Waals surface area contributed by atoms with Crippen LogP contribution < -0.4 is 0 Å². The average Bonchev–Trinajstić information content (AvgIpc) is 2.90. The third-order valence-corrected chi connectivity index (χ3v) is 4.47. The summed E-state index contributed by atoms with van der Waals surface area (Å²) >= 11 is 0. The molecule has 1 aromatic heterocycles. The fourth-order valence-corrected chi connectivity index (χ4v) is 3.07. The van der Waals surface area contributed by atoms with Gasteiger partial charge in [-0.15, -0.1) is 0 Å². The van der Waals surface area contributed by atoms with E-state index in [9.17, 15) is 4.79 Å². The summed E-state index contributed by atoms with van der Waals surface area (Å²) in [6, 6.07) is 9.93. The number of ether oxygens (including phenoxy) is 2. The number of carbonyl (C=O) groups is 1. The molecule has 0 radical (unpaired) electrons. The summed E-state index contributed by atoms with van der Waals surface area (Å²) in [5.74, 6) is -0.219. The van der Waals surface area contributed by atoms with Crippen molar-refractivity contribution in [3.63, 3.8) is 0 Å². The first kappa shape index (κ1) is 16.7. The van der Waals surface area contributed by atoms with Crippen LogP contribution in [0.25, 0.3) is 5.69 Å². The monoisotopic (exact) mass is 328 g/mol. The van der Waals surface area contributed by atoms with Gasteiger partial charge in [0.05, 0.1) is 23.9 Å². The van der Waals surface area contributed by atoms with Crippen LogP contribution in [-0.4, -0.2) is 35.1 Å². The summed E-state index contributed by atoms with van der Waals surface area (Å²) in [7, 11) is 0. The Kier molecular flexibility index (Phi) is 5.30. The molecule has 1 aromatic carbocycles. The highest BCUT2D eigenvalue weighted by Crippen LogP contribution is 2.19. The molecule has 1 aliphatic heterocycles. The Morgan fingerprint density at radius 2 is 2.08 bits per heavy atom. The van der Waals surface area contributed by atoms with Crippen LogP contribution in [0.2, 0.25) is 0 Å². The molecule has 1 saturated heterocycles. The Morgan fingerprint density at radius 3 is 2.79 bits per heavy atom. The predicted molar refractivity (Wildman–Crippen MR) is 91.3 cm³/mol. The van der Waals surface area contributed by atoms with E-state index in [1.807, 2.05) is 48.9 Å². The summed E-state index contributed by atoms with van der Waals surface area (Å²) in [5, 5.41) is 4.57.